The minimum absolute atomic E-state index is 0.156. The van der Waals surface area contributed by atoms with Crippen LogP contribution in [0.1, 0.15) is 33.3 Å². The number of benzene rings is 1. The van der Waals surface area contributed by atoms with E-state index in [-0.39, 0.29) is 10.6 Å². The second kappa shape index (κ2) is 7.24. The molecule has 0 fully saturated rings. The van der Waals surface area contributed by atoms with Gasteiger partial charge in [-0.2, -0.15) is 0 Å². The molecule has 0 heterocycles. The maximum absolute atomic E-state index is 10.7. The summed E-state index contributed by atoms with van der Waals surface area (Å²) in [7, 11) is 0. The molecule has 4 nitrogen and oxygen atoms in total. The first-order valence-electron chi connectivity index (χ1n) is 6.86. The highest BCUT2D eigenvalue weighted by Crippen LogP contribution is 2.19. The highest BCUT2D eigenvalue weighted by molar-refractivity contribution is 5.34. The summed E-state index contributed by atoms with van der Waals surface area (Å²) < 4.78 is 0. The van der Waals surface area contributed by atoms with Gasteiger partial charge in [-0.3, -0.25) is 10.1 Å². The Morgan fingerprint density at radius 1 is 1.21 bits per heavy atom. The molecule has 106 valence electrons. The second-order valence-electron chi connectivity index (χ2n) is 5.71. The van der Waals surface area contributed by atoms with E-state index >= 15 is 0 Å². The van der Waals surface area contributed by atoms with Crippen LogP contribution >= 0.6 is 0 Å². The van der Waals surface area contributed by atoms with Gasteiger partial charge >= 0.3 is 0 Å². The zero-order valence-corrected chi connectivity index (χ0v) is 12.2. The summed E-state index contributed by atoms with van der Waals surface area (Å²) in [5, 5.41) is 14.1. The van der Waals surface area contributed by atoms with E-state index < -0.39 is 0 Å². The van der Waals surface area contributed by atoms with E-state index in [0.717, 1.165) is 12.1 Å². The summed E-state index contributed by atoms with van der Waals surface area (Å²) in [5.74, 6) is 1.90. The number of nitro groups is 1. The van der Waals surface area contributed by atoms with E-state index in [1.165, 1.54) is 6.07 Å². The van der Waals surface area contributed by atoms with Crippen molar-refractivity contribution in [1.29, 1.82) is 0 Å². The highest BCUT2D eigenvalue weighted by Gasteiger charge is 2.16. The standard InChI is InChI=1S/C15H24N2O2/c1-11(2)15(12(3)4)10-16-9-13-6-5-7-14(8-13)17(18)19/h5-8,11-12,15-16H,9-10H2,1-4H3. The zero-order chi connectivity index (χ0) is 14.4. The van der Waals surface area contributed by atoms with Gasteiger partial charge in [-0.1, -0.05) is 39.8 Å². The van der Waals surface area contributed by atoms with Crippen LogP contribution in [-0.2, 0) is 6.54 Å². The van der Waals surface area contributed by atoms with Crippen molar-refractivity contribution in [3.05, 3.63) is 39.9 Å². The van der Waals surface area contributed by atoms with Crippen molar-refractivity contribution in [1.82, 2.24) is 5.32 Å². The summed E-state index contributed by atoms with van der Waals surface area (Å²) in [5.41, 5.74) is 1.11. The smallest absolute Gasteiger partial charge is 0.269 e. The fourth-order valence-corrected chi connectivity index (χ4v) is 2.40. The third kappa shape index (κ3) is 4.99. The molecular weight excluding hydrogens is 240 g/mol. The van der Waals surface area contributed by atoms with Crippen molar-refractivity contribution in [3.63, 3.8) is 0 Å². The van der Waals surface area contributed by atoms with Crippen molar-refractivity contribution >= 4 is 5.69 Å². The molecule has 0 aliphatic heterocycles. The average molecular weight is 264 g/mol. The van der Waals surface area contributed by atoms with Gasteiger partial charge < -0.3 is 5.32 Å². The van der Waals surface area contributed by atoms with Crippen LogP contribution in [0.3, 0.4) is 0 Å². The summed E-state index contributed by atoms with van der Waals surface area (Å²) >= 11 is 0. The molecule has 0 aliphatic carbocycles. The molecule has 1 aromatic rings. The minimum Gasteiger partial charge on any atom is -0.312 e. The maximum atomic E-state index is 10.7. The van der Waals surface area contributed by atoms with E-state index in [9.17, 15) is 10.1 Å². The van der Waals surface area contributed by atoms with Gasteiger partial charge in [0.2, 0.25) is 0 Å². The van der Waals surface area contributed by atoms with Gasteiger partial charge in [0.1, 0.15) is 0 Å². The van der Waals surface area contributed by atoms with Gasteiger partial charge in [-0.25, -0.2) is 0 Å². The first kappa shape index (κ1) is 15.6. The summed E-state index contributed by atoms with van der Waals surface area (Å²) in [6, 6.07) is 6.80. The van der Waals surface area contributed by atoms with Crippen molar-refractivity contribution in [3.8, 4) is 0 Å². The molecule has 0 saturated heterocycles. The lowest BCUT2D eigenvalue weighted by Crippen LogP contribution is -2.29. The average Bonchev–Trinajstić information content (AvgIpc) is 2.34. The molecule has 1 N–H and O–H groups in total. The fourth-order valence-electron chi connectivity index (χ4n) is 2.40. The topological polar surface area (TPSA) is 55.2 Å². The SMILES string of the molecule is CC(C)C(CNCc1cccc([N+](=O)[O-])c1)C(C)C. The molecule has 1 rings (SSSR count). The number of hydrogen-bond donors (Lipinski definition) is 1. The monoisotopic (exact) mass is 264 g/mol. The van der Waals surface area contributed by atoms with Crippen LogP contribution < -0.4 is 5.32 Å². The Hall–Kier alpha value is -1.42. The predicted molar refractivity (Wildman–Crippen MR) is 78.0 cm³/mol. The summed E-state index contributed by atoms with van der Waals surface area (Å²) in [6.07, 6.45) is 0. The van der Waals surface area contributed by atoms with Gasteiger partial charge in [-0.15, -0.1) is 0 Å². The van der Waals surface area contributed by atoms with Crippen molar-refractivity contribution in [2.45, 2.75) is 34.2 Å². The minimum atomic E-state index is -0.353. The number of nitrogens with zero attached hydrogens (tertiary/aromatic N) is 1. The van der Waals surface area contributed by atoms with Crippen LogP contribution in [0.2, 0.25) is 0 Å². The Morgan fingerprint density at radius 3 is 2.37 bits per heavy atom. The molecular formula is C15H24N2O2. The Kier molecular flexibility index (Phi) is 5.96. The Bertz CT molecular complexity index is 408. The molecule has 0 bridgehead atoms. The van der Waals surface area contributed by atoms with Gasteiger partial charge in [0, 0.05) is 18.7 Å². The lowest BCUT2D eigenvalue weighted by Gasteiger charge is -2.25. The van der Waals surface area contributed by atoms with Crippen LogP contribution in [0.15, 0.2) is 24.3 Å². The number of nitro benzene ring substituents is 1. The third-order valence-electron chi connectivity index (χ3n) is 3.54. The summed E-state index contributed by atoms with van der Waals surface area (Å²) in [4.78, 5) is 10.3. The van der Waals surface area contributed by atoms with Crippen molar-refractivity contribution in [2.24, 2.45) is 17.8 Å². The van der Waals surface area contributed by atoms with Crippen molar-refractivity contribution < 1.29 is 4.92 Å². The van der Waals surface area contributed by atoms with Crippen LogP contribution in [0.25, 0.3) is 0 Å². The van der Waals surface area contributed by atoms with Crippen LogP contribution in [0.4, 0.5) is 5.69 Å². The van der Waals surface area contributed by atoms with Gasteiger partial charge in [0.25, 0.3) is 5.69 Å². The largest absolute Gasteiger partial charge is 0.312 e. The number of nitrogens with one attached hydrogen (secondary N) is 1. The Labute approximate surface area is 115 Å². The van der Waals surface area contributed by atoms with E-state index in [0.29, 0.717) is 24.3 Å². The molecule has 0 spiro atoms. The molecule has 0 aromatic heterocycles. The van der Waals surface area contributed by atoms with E-state index in [1.54, 1.807) is 12.1 Å². The number of non-ortho nitro benzene ring substituents is 1. The first-order chi connectivity index (χ1) is 8.91. The molecule has 0 aliphatic rings. The predicted octanol–water partition coefficient (Wildman–Crippen LogP) is 3.61. The molecule has 4 heteroatoms. The molecule has 0 radical (unpaired) electrons. The van der Waals surface area contributed by atoms with Crippen LogP contribution in [-0.4, -0.2) is 11.5 Å². The molecule has 19 heavy (non-hydrogen) atoms. The van der Waals surface area contributed by atoms with Gasteiger partial charge in [-0.05, 0) is 29.9 Å². The van der Waals surface area contributed by atoms with Crippen molar-refractivity contribution in [2.75, 3.05) is 6.54 Å². The lowest BCUT2D eigenvalue weighted by molar-refractivity contribution is -0.384. The second-order valence-corrected chi connectivity index (χ2v) is 5.71. The van der Waals surface area contributed by atoms with E-state index in [1.807, 2.05) is 6.07 Å². The zero-order valence-electron chi connectivity index (χ0n) is 12.2. The summed E-state index contributed by atoms with van der Waals surface area (Å²) in [6.45, 7) is 10.6. The highest BCUT2D eigenvalue weighted by atomic mass is 16.6. The maximum Gasteiger partial charge on any atom is 0.269 e. The van der Waals surface area contributed by atoms with E-state index in [2.05, 4.69) is 33.0 Å². The Morgan fingerprint density at radius 2 is 1.84 bits per heavy atom. The quantitative estimate of drug-likeness (QED) is 0.604. The lowest BCUT2D eigenvalue weighted by atomic mass is 9.85. The molecule has 1 aromatic carbocycles. The molecule has 0 atom stereocenters. The van der Waals surface area contributed by atoms with E-state index in [4.69, 9.17) is 0 Å². The molecule has 0 amide bonds. The third-order valence-corrected chi connectivity index (χ3v) is 3.54. The van der Waals surface area contributed by atoms with Crippen LogP contribution in [0, 0.1) is 27.9 Å². The van der Waals surface area contributed by atoms with Crippen LogP contribution in [0.5, 0.6) is 0 Å². The fraction of sp³-hybridized carbons (Fsp3) is 0.600. The van der Waals surface area contributed by atoms with Gasteiger partial charge in [0.05, 0.1) is 4.92 Å². The number of rotatable bonds is 7. The molecule has 0 saturated carbocycles. The van der Waals surface area contributed by atoms with Gasteiger partial charge in [0.15, 0.2) is 0 Å². The Balaban J connectivity index is 2.53. The molecule has 0 unspecified atom stereocenters. The number of hydrogen-bond acceptors (Lipinski definition) is 3. The normalized spacial score (nSPS) is 11.5. The first-order valence-corrected chi connectivity index (χ1v) is 6.86.